The minimum atomic E-state index is 0.123. The summed E-state index contributed by atoms with van der Waals surface area (Å²) in [5, 5.41) is 2.07. The number of fused-ring (bicyclic) bond motifs is 1. The third kappa shape index (κ3) is 2.18. The third-order valence-corrected chi connectivity index (χ3v) is 4.57. The zero-order valence-electron chi connectivity index (χ0n) is 11.2. The molecule has 19 heavy (non-hydrogen) atoms. The van der Waals surface area contributed by atoms with Crippen molar-refractivity contribution >= 4 is 33.1 Å². The number of nitrogens with zero attached hydrogens (tertiary/aromatic N) is 3. The molecule has 3 rings (SSSR count). The van der Waals surface area contributed by atoms with Crippen LogP contribution in [0.25, 0.3) is 10.2 Å². The Hall–Kier alpha value is -1.62. The Kier molecular flexibility index (Phi) is 3.14. The molecule has 1 aliphatic rings. The Morgan fingerprint density at radius 1 is 1.47 bits per heavy atom. The van der Waals surface area contributed by atoms with E-state index in [-0.39, 0.29) is 11.8 Å². The summed E-state index contributed by atoms with van der Waals surface area (Å²) in [6.07, 6.45) is 2.79. The van der Waals surface area contributed by atoms with E-state index in [2.05, 4.69) is 21.3 Å². The van der Waals surface area contributed by atoms with Crippen molar-refractivity contribution in [1.82, 2.24) is 9.88 Å². The van der Waals surface area contributed by atoms with Crippen LogP contribution in [0, 0.1) is 5.92 Å². The fraction of sp³-hybridized carbons (Fsp3) is 0.429. The number of pyridine rings is 1. The van der Waals surface area contributed by atoms with Gasteiger partial charge in [0.05, 0.1) is 21.8 Å². The van der Waals surface area contributed by atoms with Crippen molar-refractivity contribution in [3.05, 3.63) is 23.7 Å². The largest absolute Gasteiger partial charge is 0.369 e. The van der Waals surface area contributed by atoms with Crippen LogP contribution < -0.4 is 4.90 Å². The molecule has 2 aromatic rings. The summed E-state index contributed by atoms with van der Waals surface area (Å²) >= 11 is 1.72. The summed E-state index contributed by atoms with van der Waals surface area (Å²) in [6.45, 7) is 1.76. The van der Waals surface area contributed by atoms with Gasteiger partial charge in [-0.05, 0) is 23.9 Å². The number of rotatable bonds is 2. The van der Waals surface area contributed by atoms with Gasteiger partial charge in [-0.15, -0.1) is 11.3 Å². The second-order valence-electron chi connectivity index (χ2n) is 5.13. The van der Waals surface area contributed by atoms with Gasteiger partial charge in [-0.2, -0.15) is 0 Å². The van der Waals surface area contributed by atoms with Crippen LogP contribution in [0.15, 0.2) is 23.7 Å². The molecule has 0 aromatic carbocycles. The van der Waals surface area contributed by atoms with E-state index in [0.29, 0.717) is 0 Å². The van der Waals surface area contributed by atoms with E-state index in [9.17, 15) is 4.79 Å². The lowest BCUT2D eigenvalue weighted by Gasteiger charge is -2.20. The number of carbonyl (C=O) groups excluding carboxylic acids is 1. The fourth-order valence-electron chi connectivity index (χ4n) is 2.65. The van der Waals surface area contributed by atoms with Crippen molar-refractivity contribution in [3.8, 4) is 0 Å². The maximum Gasteiger partial charge on any atom is 0.227 e. The highest BCUT2D eigenvalue weighted by atomic mass is 32.1. The average Bonchev–Trinajstić information content (AvgIpc) is 3.06. The zero-order valence-corrected chi connectivity index (χ0v) is 12.0. The first-order valence-corrected chi connectivity index (χ1v) is 7.33. The van der Waals surface area contributed by atoms with Gasteiger partial charge in [-0.3, -0.25) is 9.78 Å². The Morgan fingerprint density at radius 3 is 3.11 bits per heavy atom. The first kappa shape index (κ1) is 12.4. The standard InChI is InChI=1S/C14H17N3OS/c1-16(2)14(18)10-4-7-17(9-10)12-3-6-15-11-5-8-19-13(11)12/h3,5-6,8,10H,4,7,9H2,1-2H3. The molecule has 1 unspecified atom stereocenters. The van der Waals surface area contributed by atoms with E-state index in [1.165, 1.54) is 10.4 Å². The molecule has 1 atom stereocenters. The number of aromatic nitrogens is 1. The summed E-state index contributed by atoms with van der Waals surface area (Å²) in [4.78, 5) is 20.4. The van der Waals surface area contributed by atoms with E-state index < -0.39 is 0 Å². The second-order valence-corrected chi connectivity index (χ2v) is 6.05. The Morgan fingerprint density at radius 2 is 2.32 bits per heavy atom. The summed E-state index contributed by atoms with van der Waals surface area (Å²) in [7, 11) is 3.66. The highest BCUT2D eigenvalue weighted by Crippen LogP contribution is 2.33. The van der Waals surface area contributed by atoms with Gasteiger partial charge in [0.25, 0.3) is 0 Å². The average molecular weight is 275 g/mol. The van der Waals surface area contributed by atoms with Crippen LogP contribution in [-0.2, 0) is 4.79 Å². The van der Waals surface area contributed by atoms with Gasteiger partial charge in [0.2, 0.25) is 5.91 Å². The number of carbonyl (C=O) groups is 1. The van der Waals surface area contributed by atoms with Crippen LogP contribution in [0.4, 0.5) is 5.69 Å². The van der Waals surface area contributed by atoms with Crippen molar-refractivity contribution in [2.45, 2.75) is 6.42 Å². The molecule has 100 valence electrons. The summed E-state index contributed by atoms with van der Waals surface area (Å²) in [5.74, 6) is 0.358. The number of anilines is 1. The molecule has 0 bridgehead atoms. The molecule has 0 spiro atoms. The molecular formula is C14H17N3OS. The summed E-state index contributed by atoms with van der Waals surface area (Å²) < 4.78 is 1.22. The third-order valence-electron chi connectivity index (χ3n) is 3.64. The van der Waals surface area contributed by atoms with Gasteiger partial charge in [0.15, 0.2) is 0 Å². The minimum Gasteiger partial charge on any atom is -0.369 e. The van der Waals surface area contributed by atoms with Crippen molar-refractivity contribution < 1.29 is 4.79 Å². The zero-order chi connectivity index (χ0) is 13.4. The molecular weight excluding hydrogens is 258 g/mol. The molecule has 5 heteroatoms. The summed E-state index contributed by atoms with van der Waals surface area (Å²) in [5.41, 5.74) is 2.26. The topological polar surface area (TPSA) is 36.4 Å². The molecule has 1 fully saturated rings. The van der Waals surface area contributed by atoms with Crippen LogP contribution in [0.1, 0.15) is 6.42 Å². The van der Waals surface area contributed by atoms with E-state index in [1.54, 1.807) is 16.2 Å². The van der Waals surface area contributed by atoms with Crippen LogP contribution in [0.3, 0.4) is 0 Å². The molecule has 1 amide bonds. The van der Waals surface area contributed by atoms with Crippen LogP contribution in [0.2, 0.25) is 0 Å². The van der Waals surface area contributed by atoms with E-state index >= 15 is 0 Å². The number of hydrogen-bond donors (Lipinski definition) is 0. The van der Waals surface area contributed by atoms with Gasteiger partial charge in [-0.1, -0.05) is 0 Å². The molecule has 1 saturated heterocycles. The quantitative estimate of drug-likeness (QED) is 0.843. The van der Waals surface area contributed by atoms with E-state index in [0.717, 1.165) is 25.0 Å². The SMILES string of the molecule is CN(C)C(=O)C1CCN(c2ccnc3ccsc23)C1. The van der Waals surface area contributed by atoms with Gasteiger partial charge < -0.3 is 9.80 Å². The molecule has 2 aromatic heterocycles. The normalized spacial score (nSPS) is 19.1. The smallest absolute Gasteiger partial charge is 0.227 e. The van der Waals surface area contributed by atoms with Crippen molar-refractivity contribution in [2.75, 3.05) is 32.1 Å². The van der Waals surface area contributed by atoms with Gasteiger partial charge in [0, 0.05) is 33.4 Å². The van der Waals surface area contributed by atoms with Gasteiger partial charge in [-0.25, -0.2) is 0 Å². The number of amides is 1. The minimum absolute atomic E-state index is 0.123. The molecule has 3 heterocycles. The lowest BCUT2D eigenvalue weighted by atomic mass is 10.1. The molecule has 4 nitrogen and oxygen atoms in total. The Labute approximate surface area is 116 Å². The monoisotopic (exact) mass is 275 g/mol. The predicted molar refractivity (Wildman–Crippen MR) is 78.6 cm³/mol. The van der Waals surface area contributed by atoms with Gasteiger partial charge >= 0.3 is 0 Å². The first-order chi connectivity index (χ1) is 9.16. The number of thiophene rings is 1. The maximum atomic E-state index is 12.0. The lowest BCUT2D eigenvalue weighted by Crippen LogP contribution is -2.31. The molecule has 1 aliphatic heterocycles. The van der Waals surface area contributed by atoms with E-state index in [4.69, 9.17) is 0 Å². The van der Waals surface area contributed by atoms with Crippen molar-refractivity contribution in [1.29, 1.82) is 0 Å². The Bertz CT molecular complexity index is 608. The van der Waals surface area contributed by atoms with E-state index in [1.807, 2.05) is 26.4 Å². The highest BCUT2D eigenvalue weighted by Gasteiger charge is 2.30. The summed E-state index contributed by atoms with van der Waals surface area (Å²) in [6, 6.07) is 4.10. The fourth-order valence-corrected chi connectivity index (χ4v) is 3.55. The predicted octanol–water partition coefficient (Wildman–Crippen LogP) is 2.21. The molecule has 0 radical (unpaired) electrons. The Balaban J connectivity index is 1.85. The lowest BCUT2D eigenvalue weighted by molar-refractivity contribution is -0.132. The second kappa shape index (κ2) is 4.81. The van der Waals surface area contributed by atoms with Crippen LogP contribution >= 0.6 is 11.3 Å². The highest BCUT2D eigenvalue weighted by molar-refractivity contribution is 7.17. The van der Waals surface area contributed by atoms with Crippen LogP contribution in [-0.4, -0.2) is 43.0 Å². The van der Waals surface area contributed by atoms with Gasteiger partial charge in [0.1, 0.15) is 0 Å². The molecule has 0 N–H and O–H groups in total. The van der Waals surface area contributed by atoms with Crippen molar-refractivity contribution in [2.24, 2.45) is 5.92 Å². The van der Waals surface area contributed by atoms with Crippen molar-refractivity contribution in [3.63, 3.8) is 0 Å². The number of hydrogen-bond acceptors (Lipinski definition) is 4. The van der Waals surface area contributed by atoms with Crippen LogP contribution in [0.5, 0.6) is 0 Å². The first-order valence-electron chi connectivity index (χ1n) is 6.45. The molecule has 0 aliphatic carbocycles. The molecule has 0 saturated carbocycles. The maximum absolute atomic E-state index is 12.0.